The summed E-state index contributed by atoms with van der Waals surface area (Å²) >= 11 is 0. The molecule has 1 saturated carbocycles. The molecule has 0 bridgehead atoms. The van der Waals surface area contributed by atoms with Crippen molar-refractivity contribution in [2.45, 2.75) is 37.9 Å². The van der Waals surface area contributed by atoms with E-state index in [1.807, 2.05) is 4.90 Å². The third-order valence-corrected chi connectivity index (χ3v) is 5.93. The molecule has 0 atom stereocenters. The second-order valence-corrected chi connectivity index (χ2v) is 7.77. The van der Waals surface area contributed by atoms with E-state index in [0.29, 0.717) is 17.2 Å². The molecule has 1 aliphatic heterocycles. The van der Waals surface area contributed by atoms with Crippen molar-refractivity contribution in [3.63, 3.8) is 0 Å². The molecule has 1 amide bonds. The summed E-state index contributed by atoms with van der Waals surface area (Å²) in [4.78, 5) is 20.8. The van der Waals surface area contributed by atoms with Crippen molar-refractivity contribution in [3.05, 3.63) is 53.9 Å². The zero-order chi connectivity index (χ0) is 20.4. The van der Waals surface area contributed by atoms with Gasteiger partial charge in [0.25, 0.3) is 5.91 Å². The van der Waals surface area contributed by atoms with Crippen molar-refractivity contribution in [3.8, 4) is 11.1 Å². The van der Waals surface area contributed by atoms with E-state index in [0.717, 1.165) is 44.2 Å². The molecule has 29 heavy (non-hydrogen) atoms. The van der Waals surface area contributed by atoms with Gasteiger partial charge in [-0.05, 0) is 43.0 Å². The Labute approximate surface area is 168 Å². The highest BCUT2D eigenvalue weighted by molar-refractivity contribution is 5.94. The predicted octanol–water partition coefficient (Wildman–Crippen LogP) is 4.47. The van der Waals surface area contributed by atoms with Crippen molar-refractivity contribution >= 4 is 5.91 Å². The van der Waals surface area contributed by atoms with Gasteiger partial charge < -0.3 is 4.90 Å². The summed E-state index contributed by atoms with van der Waals surface area (Å²) in [7, 11) is 0. The molecule has 2 fully saturated rings. The van der Waals surface area contributed by atoms with Gasteiger partial charge >= 0.3 is 6.18 Å². The molecule has 1 aromatic carbocycles. The number of aromatic nitrogens is 1. The van der Waals surface area contributed by atoms with E-state index in [-0.39, 0.29) is 5.91 Å². The molecule has 0 radical (unpaired) electrons. The molecule has 0 unspecified atom stereocenters. The molecule has 2 heterocycles. The van der Waals surface area contributed by atoms with Crippen LogP contribution in [0.1, 0.15) is 41.7 Å². The van der Waals surface area contributed by atoms with E-state index in [4.69, 9.17) is 0 Å². The van der Waals surface area contributed by atoms with E-state index in [9.17, 15) is 18.0 Å². The number of carbonyl (C=O) groups excluding carboxylic acids is 1. The van der Waals surface area contributed by atoms with Crippen molar-refractivity contribution in [2.24, 2.45) is 0 Å². The average Bonchev–Trinajstić information content (AvgIpc) is 2.92. The Kier molecular flexibility index (Phi) is 5.58. The molecule has 2 aliphatic rings. The summed E-state index contributed by atoms with van der Waals surface area (Å²) in [6.07, 6.45) is 1.60. The lowest BCUT2D eigenvalue weighted by atomic mass is 9.91. The number of benzene rings is 1. The van der Waals surface area contributed by atoms with Crippen LogP contribution in [0.4, 0.5) is 13.2 Å². The maximum Gasteiger partial charge on any atom is 0.433 e. The minimum absolute atomic E-state index is 0.0116. The van der Waals surface area contributed by atoms with Crippen LogP contribution in [0.2, 0.25) is 0 Å². The molecule has 7 heteroatoms. The van der Waals surface area contributed by atoms with Crippen LogP contribution in [0.3, 0.4) is 0 Å². The Morgan fingerprint density at radius 2 is 1.62 bits per heavy atom. The lowest BCUT2D eigenvalue weighted by Crippen LogP contribution is -2.42. The number of rotatable bonds is 3. The molecule has 1 saturated heterocycles. The Morgan fingerprint density at radius 1 is 0.897 bits per heavy atom. The van der Waals surface area contributed by atoms with Crippen LogP contribution in [-0.2, 0) is 6.18 Å². The number of nitrogens with zero attached hydrogens (tertiary/aromatic N) is 3. The van der Waals surface area contributed by atoms with E-state index < -0.39 is 11.9 Å². The highest BCUT2D eigenvalue weighted by Crippen LogP contribution is 2.29. The normalized spacial score (nSPS) is 18.9. The third-order valence-electron chi connectivity index (χ3n) is 5.93. The SMILES string of the molecule is O=C(c1ccc(-c2ccc(C(F)(F)F)nc2)cc1)N1CCCN(C2CCC2)CC1. The van der Waals surface area contributed by atoms with Gasteiger partial charge in [-0.15, -0.1) is 0 Å². The summed E-state index contributed by atoms with van der Waals surface area (Å²) < 4.78 is 38.0. The van der Waals surface area contributed by atoms with Crippen molar-refractivity contribution in [1.82, 2.24) is 14.8 Å². The summed E-state index contributed by atoms with van der Waals surface area (Å²) in [6.45, 7) is 3.46. The zero-order valence-corrected chi connectivity index (χ0v) is 16.2. The van der Waals surface area contributed by atoms with Gasteiger partial charge in [0, 0.05) is 49.5 Å². The van der Waals surface area contributed by atoms with Crippen LogP contribution in [0, 0.1) is 0 Å². The standard InChI is InChI=1S/C22H24F3N3O/c23-22(24,25)20-10-9-18(15-26-20)16-5-7-17(8-6-16)21(29)28-12-2-11-27(13-14-28)19-3-1-4-19/h5-10,15,19H,1-4,11-14H2. The maximum atomic E-state index is 12.9. The third kappa shape index (κ3) is 4.45. The smallest absolute Gasteiger partial charge is 0.337 e. The first kappa shape index (κ1) is 19.9. The van der Waals surface area contributed by atoms with E-state index in [1.165, 1.54) is 31.5 Å². The van der Waals surface area contributed by atoms with Gasteiger partial charge in [0.2, 0.25) is 0 Å². The van der Waals surface area contributed by atoms with Gasteiger partial charge in [-0.2, -0.15) is 13.2 Å². The number of amides is 1. The summed E-state index contributed by atoms with van der Waals surface area (Å²) in [6, 6.07) is 10.1. The van der Waals surface area contributed by atoms with Crippen molar-refractivity contribution in [2.75, 3.05) is 26.2 Å². The highest BCUT2D eigenvalue weighted by Gasteiger charge is 2.32. The molecule has 4 nitrogen and oxygen atoms in total. The molecule has 1 aromatic heterocycles. The number of pyridine rings is 1. The van der Waals surface area contributed by atoms with Crippen LogP contribution < -0.4 is 0 Å². The molecule has 154 valence electrons. The number of halogens is 3. The first-order chi connectivity index (χ1) is 13.9. The van der Waals surface area contributed by atoms with Crippen LogP contribution in [0.15, 0.2) is 42.6 Å². The lowest BCUT2D eigenvalue weighted by molar-refractivity contribution is -0.141. The van der Waals surface area contributed by atoms with Crippen molar-refractivity contribution in [1.29, 1.82) is 0 Å². The zero-order valence-electron chi connectivity index (χ0n) is 16.2. The quantitative estimate of drug-likeness (QED) is 0.759. The number of hydrogen-bond acceptors (Lipinski definition) is 3. The predicted molar refractivity (Wildman–Crippen MR) is 104 cm³/mol. The Hall–Kier alpha value is -2.41. The van der Waals surface area contributed by atoms with Gasteiger partial charge in [0.15, 0.2) is 0 Å². The van der Waals surface area contributed by atoms with Gasteiger partial charge in [0.1, 0.15) is 5.69 Å². The van der Waals surface area contributed by atoms with Crippen LogP contribution in [0.25, 0.3) is 11.1 Å². The maximum absolute atomic E-state index is 12.9. The number of carbonyl (C=O) groups is 1. The van der Waals surface area contributed by atoms with Crippen LogP contribution in [0.5, 0.6) is 0 Å². The van der Waals surface area contributed by atoms with Crippen molar-refractivity contribution < 1.29 is 18.0 Å². The van der Waals surface area contributed by atoms with Gasteiger partial charge in [-0.1, -0.05) is 24.6 Å². The van der Waals surface area contributed by atoms with Crippen LogP contribution >= 0.6 is 0 Å². The summed E-state index contributed by atoms with van der Waals surface area (Å²) in [5.41, 5.74) is 1.01. The minimum atomic E-state index is -4.45. The first-order valence-corrected chi connectivity index (χ1v) is 10.1. The number of alkyl halides is 3. The second-order valence-electron chi connectivity index (χ2n) is 7.77. The van der Waals surface area contributed by atoms with E-state index >= 15 is 0 Å². The Balaban J connectivity index is 1.41. The molecule has 2 aromatic rings. The van der Waals surface area contributed by atoms with Crippen LogP contribution in [-0.4, -0.2) is 52.9 Å². The summed E-state index contributed by atoms with van der Waals surface area (Å²) in [5, 5.41) is 0. The fourth-order valence-corrected chi connectivity index (χ4v) is 3.98. The molecule has 4 rings (SSSR count). The summed E-state index contributed by atoms with van der Waals surface area (Å²) in [5.74, 6) is 0.0116. The van der Waals surface area contributed by atoms with Gasteiger partial charge in [0.05, 0.1) is 0 Å². The highest BCUT2D eigenvalue weighted by atomic mass is 19.4. The molecular formula is C22H24F3N3O. The first-order valence-electron chi connectivity index (χ1n) is 10.1. The average molecular weight is 403 g/mol. The monoisotopic (exact) mass is 403 g/mol. The Morgan fingerprint density at radius 3 is 2.21 bits per heavy atom. The largest absolute Gasteiger partial charge is 0.433 e. The Bertz CT molecular complexity index is 845. The fraction of sp³-hybridized carbons (Fsp3) is 0.455. The lowest BCUT2D eigenvalue weighted by Gasteiger charge is -2.36. The van der Waals surface area contributed by atoms with Gasteiger partial charge in [-0.3, -0.25) is 14.7 Å². The minimum Gasteiger partial charge on any atom is -0.337 e. The number of hydrogen-bond donors (Lipinski definition) is 0. The molecular weight excluding hydrogens is 379 g/mol. The fourth-order valence-electron chi connectivity index (χ4n) is 3.98. The van der Waals surface area contributed by atoms with E-state index in [2.05, 4.69) is 9.88 Å². The second kappa shape index (κ2) is 8.14. The molecule has 0 spiro atoms. The molecule has 0 N–H and O–H groups in total. The van der Waals surface area contributed by atoms with Gasteiger partial charge in [-0.25, -0.2) is 0 Å². The molecule has 1 aliphatic carbocycles. The van der Waals surface area contributed by atoms with E-state index in [1.54, 1.807) is 24.3 Å². The topological polar surface area (TPSA) is 36.4 Å².